The summed E-state index contributed by atoms with van der Waals surface area (Å²) in [4.78, 5) is 32.6. The van der Waals surface area contributed by atoms with E-state index < -0.39 is 41.2 Å². The second kappa shape index (κ2) is 8.71. The number of aromatic nitrogens is 2. The molecule has 1 atom stereocenters. The van der Waals surface area contributed by atoms with Gasteiger partial charge in [-0.3, -0.25) is 9.69 Å². The monoisotopic (exact) mass is 464 g/mol. The molecule has 1 aliphatic rings. The summed E-state index contributed by atoms with van der Waals surface area (Å²) in [5.74, 6) is 0.159. The fourth-order valence-corrected chi connectivity index (χ4v) is 3.35. The van der Waals surface area contributed by atoms with E-state index in [9.17, 15) is 35.9 Å². The third-order valence-corrected chi connectivity index (χ3v) is 4.90. The molecule has 7 nitrogen and oxygen atoms in total. The lowest BCUT2D eigenvalue weighted by Crippen LogP contribution is -2.51. The number of alkyl halides is 6. The maximum absolute atomic E-state index is 13.2. The van der Waals surface area contributed by atoms with Gasteiger partial charge in [0.05, 0.1) is 18.2 Å². The molecule has 0 aromatic carbocycles. The minimum Gasteiger partial charge on any atom is -0.450 e. The first-order valence-electron chi connectivity index (χ1n) is 9.43. The Morgan fingerprint density at radius 1 is 1.19 bits per heavy atom. The zero-order chi connectivity index (χ0) is 23.7. The molecule has 32 heavy (non-hydrogen) atoms. The Balaban J connectivity index is 1.96. The number of carbonyl (C=O) groups is 1. The van der Waals surface area contributed by atoms with Crippen LogP contribution in [0, 0.1) is 0 Å². The summed E-state index contributed by atoms with van der Waals surface area (Å²) in [6.07, 6.45) is -8.53. The van der Waals surface area contributed by atoms with Crippen LogP contribution in [0.1, 0.15) is 29.7 Å². The van der Waals surface area contributed by atoms with E-state index in [1.165, 1.54) is 4.90 Å². The van der Waals surface area contributed by atoms with Crippen molar-refractivity contribution in [2.75, 3.05) is 31.1 Å². The second-order valence-electron chi connectivity index (χ2n) is 6.93. The van der Waals surface area contributed by atoms with Crippen LogP contribution in [0.5, 0.6) is 0 Å². The molecule has 174 valence electrons. The lowest BCUT2D eigenvalue weighted by atomic mass is 10.0. The highest BCUT2D eigenvalue weighted by atomic mass is 19.4. The Labute approximate surface area is 177 Å². The Bertz CT molecular complexity index is 1020. The third kappa shape index (κ3) is 4.97. The number of rotatable bonds is 3. The van der Waals surface area contributed by atoms with Crippen molar-refractivity contribution in [1.29, 1.82) is 0 Å². The standard InChI is InChI=1S/C19H18F6N4O3/c1-2-32-17(31)29-6-5-28(15-4-3-12(9-26-15)18(20,21)22)10-14(29)11-7-13(19(23,24)25)16(30)27-8-11/h3-4,7-9,14H,2,5-6,10H2,1H3,(H,27,30). The molecule has 0 radical (unpaired) electrons. The van der Waals surface area contributed by atoms with Gasteiger partial charge in [0, 0.05) is 32.0 Å². The van der Waals surface area contributed by atoms with Gasteiger partial charge in [0.25, 0.3) is 5.56 Å². The molecule has 1 aliphatic heterocycles. The zero-order valence-corrected chi connectivity index (χ0v) is 16.6. The maximum Gasteiger partial charge on any atom is 0.421 e. The van der Waals surface area contributed by atoms with Crippen molar-refractivity contribution in [2.24, 2.45) is 0 Å². The molecule has 3 rings (SSSR count). The van der Waals surface area contributed by atoms with Gasteiger partial charge in [-0.05, 0) is 30.7 Å². The highest BCUT2D eigenvalue weighted by molar-refractivity contribution is 5.69. The summed E-state index contributed by atoms with van der Waals surface area (Å²) >= 11 is 0. The van der Waals surface area contributed by atoms with Crippen LogP contribution in [0.3, 0.4) is 0 Å². The van der Waals surface area contributed by atoms with Gasteiger partial charge >= 0.3 is 18.4 Å². The van der Waals surface area contributed by atoms with Crippen molar-refractivity contribution in [3.05, 3.63) is 57.6 Å². The molecule has 0 bridgehead atoms. The quantitative estimate of drug-likeness (QED) is 0.699. The summed E-state index contributed by atoms with van der Waals surface area (Å²) in [5, 5.41) is 0. The number of carbonyl (C=O) groups excluding carboxylic acids is 1. The molecule has 1 amide bonds. The largest absolute Gasteiger partial charge is 0.450 e. The van der Waals surface area contributed by atoms with Crippen molar-refractivity contribution in [3.8, 4) is 0 Å². The van der Waals surface area contributed by atoms with Gasteiger partial charge in [-0.15, -0.1) is 0 Å². The van der Waals surface area contributed by atoms with Crippen molar-refractivity contribution >= 4 is 11.9 Å². The van der Waals surface area contributed by atoms with Crippen LogP contribution in [-0.4, -0.2) is 47.2 Å². The van der Waals surface area contributed by atoms with Gasteiger partial charge < -0.3 is 14.6 Å². The molecule has 0 spiro atoms. The van der Waals surface area contributed by atoms with Crippen molar-refractivity contribution in [2.45, 2.75) is 25.3 Å². The van der Waals surface area contributed by atoms with Crippen LogP contribution in [0.4, 0.5) is 37.0 Å². The number of nitrogens with zero attached hydrogens (tertiary/aromatic N) is 3. The molecular formula is C19H18F6N4O3. The van der Waals surface area contributed by atoms with E-state index in [0.29, 0.717) is 12.3 Å². The van der Waals surface area contributed by atoms with E-state index in [4.69, 9.17) is 4.74 Å². The molecule has 1 saturated heterocycles. The molecule has 2 aromatic rings. The van der Waals surface area contributed by atoms with E-state index in [1.807, 2.05) is 4.98 Å². The highest BCUT2D eigenvalue weighted by Crippen LogP contribution is 2.33. The smallest absolute Gasteiger partial charge is 0.421 e. The van der Waals surface area contributed by atoms with Gasteiger partial charge in [-0.2, -0.15) is 26.3 Å². The number of piperazine rings is 1. The van der Waals surface area contributed by atoms with Crippen molar-refractivity contribution in [3.63, 3.8) is 0 Å². The summed E-state index contributed by atoms with van der Waals surface area (Å²) in [5.41, 5.74) is -3.72. The van der Waals surface area contributed by atoms with E-state index >= 15 is 0 Å². The third-order valence-electron chi connectivity index (χ3n) is 4.90. The summed E-state index contributed by atoms with van der Waals surface area (Å²) in [7, 11) is 0. The fraction of sp³-hybridized carbons (Fsp3) is 0.421. The van der Waals surface area contributed by atoms with Gasteiger partial charge in [0.1, 0.15) is 11.4 Å². The van der Waals surface area contributed by atoms with Crippen molar-refractivity contribution < 1.29 is 35.9 Å². The van der Waals surface area contributed by atoms with Gasteiger partial charge in [0.2, 0.25) is 0 Å². The number of pyridine rings is 2. The Morgan fingerprint density at radius 2 is 1.91 bits per heavy atom. The SMILES string of the molecule is CCOC(=O)N1CCN(c2ccc(C(F)(F)F)cn2)CC1c1c[nH]c(=O)c(C(F)(F)F)c1. The predicted octanol–water partition coefficient (Wildman–Crippen LogP) is 3.83. The van der Waals surface area contributed by atoms with Crippen LogP contribution in [0.25, 0.3) is 0 Å². The minimum atomic E-state index is -4.91. The molecule has 13 heteroatoms. The van der Waals surface area contributed by atoms with Crippen LogP contribution in [0.2, 0.25) is 0 Å². The number of nitrogens with one attached hydrogen (secondary N) is 1. The molecule has 2 aromatic heterocycles. The first kappa shape index (κ1) is 23.4. The molecule has 3 heterocycles. The molecule has 0 saturated carbocycles. The second-order valence-corrected chi connectivity index (χ2v) is 6.93. The summed E-state index contributed by atoms with van der Waals surface area (Å²) in [6, 6.07) is 1.66. The predicted molar refractivity (Wildman–Crippen MR) is 100.0 cm³/mol. The van der Waals surface area contributed by atoms with Gasteiger partial charge in [-0.1, -0.05) is 0 Å². The summed E-state index contributed by atoms with van der Waals surface area (Å²) in [6.45, 7) is 1.68. The van der Waals surface area contributed by atoms with Gasteiger partial charge in [0.15, 0.2) is 0 Å². The van der Waals surface area contributed by atoms with E-state index in [2.05, 4.69) is 4.98 Å². The number of hydrogen-bond acceptors (Lipinski definition) is 5. The highest BCUT2D eigenvalue weighted by Gasteiger charge is 2.38. The average molecular weight is 464 g/mol. The number of aromatic amines is 1. The first-order chi connectivity index (χ1) is 14.9. The number of H-pyrrole nitrogens is 1. The number of ether oxygens (including phenoxy) is 1. The lowest BCUT2D eigenvalue weighted by molar-refractivity contribution is -0.139. The molecule has 1 fully saturated rings. The minimum absolute atomic E-state index is 0.00663. The number of hydrogen-bond donors (Lipinski definition) is 1. The number of amides is 1. The van der Waals surface area contributed by atoms with E-state index in [1.54, 1.807) is 11.8 Å². The van der Waals surface area contributed by atoms with Crippen molar-refractivity contribution in [1.82, 2.24) is 14.9 Å². The van der Waals surface area contributed by atoms with Crippen LogP contribution < -0.4 is 10.5 Å². The van der Waals surface area contributed by atoms with Crippen LogP contribution in [-0.2, 0) is 17.1 Å². The fourth-order valence-electron chi connectivity index (χ4n) is 3.35. The number of anilines is 1. The Morgan fingerprint density at radius 3 is 2.47 bits per heavy atom. The van der Waals surface area contributed by atoms with Crippen LogP contribution in [0.15, 0.2) is 35.4 Å². The topological polar surface area (TPSA) is 78.5 Å². The summed E-state index contributed by atoms with van der Waals surface area (Å²) < 4.78 is 83.0. The van der Waals surface area contributed by atoms with Crippen LogP contribution >= 0.6 is 0 Å². The maximum atomic E-state index is 13.2. The Hall–Kier alpha value is -3.25. The molecule has 1 unspecified atom stereocenters. The van der Waals surface area contributed by atoms with E-state index in [0.717, 1.165) is 18.3 Å². The first-order valence-corrected chi connectivity index (χ1v) is 9.43. The van der Waals surface area contributed by atoms with Gasteiger partial charge in [-0.25, -0.2) is 9.78 Å². The van der Waals surface area contributed by atoms with E-state index in [-0.39, 0.29) is 37.6 Å². The lowest BCUT2D eigenvalue weighted by Gasteiger charge is -2.41. The molecule has 1 N–H and O–H groups in total. The number of halogens is 6. The molecule has 0 aliphatic carbocycles. The Kier molecular flexibility index (Phi) is 6.37. The normalized spacial score (nSPS) is 17.4. The zero-order valence-electron chi connectivity index (χ0n) is 16.6. The molecular weight excluding hydrogens is 446 g/mol. The average Bonchev–Trinajstić information content (AvgIpc) is 2.72.